The predicted molar refractivity (Wildman–Crippen MR) is 92.8 cm³/mol. The van der Waals surface area contributed by atoms with Crippen LogP contribution in [0.1, 0.15) is 53.5 Å². The Balaban J connectivity index is 2.84. The van der Waals surface area contributed by atoms with E-state index >= 15 is 0 Å². The van der Waals surface area contributed by atoms with Gasteiger partial charge in [-0.3, -0.25) is 0 Å². The van der Waals surface area contributed by atoms with Gasteiger partial charge in [-0.05, 0) is 50.8 Å². The van der Waals surface area contributed by atoms with E-state index < -0.39 is 0 Å². The zero-order chi connectivity index (χ0) is 15.9. The summed E-state index contributed by atoms with van der Waals surface area (Å²) in [5.41, 5.74) is 2.76. The minimum Gasteiger partial charge on any atom is -0.494 e. The first kappa shape index (κ1) is 17.8. The maximum atomic E-state index is 5.71. The molecule has 0 saturated heterocycles. The smallest absolute Gasteiger partial charge is 0.119 e. The summed E-state index contributed by atoms with van der Waals surface area (Å²) >= 11 is 0. The third-order valence-corrected chi connectivity index (χ3v) is 3.25. The number of benzene rings is 1. The van der Waals surface area contributed by atoms with Crippen molar-refractivity contribution in [3.8, 4) is 5.75 Å². The normalized spacial score (nSPS) is 12.8. The Morgan fingerprint density at radius 1 is 1.29 bits per heavy atom. The quantitative estimate of drug-likeness (QED) is 0.770. The Labute approximate surface area is 130 Å². The van der Waals surface area contributed by atoms with E-state index in [4.69, 9.17) is 4.74 Å². The van der Waals surface area contributed by atoms with Gasteiger partial charge in [-0.1, -0.05) is 44.6 Å². The molecular formula is C19H31NO. The van der Waals surface area contributed by atoms with E-state index in [9.17, 15) is 0 Å². The second-order valence-electron chi connectivity index (χ2n) is 6.90. The first-order valence-electron chi connectivity index (χ1n) is 8.00. The van der Waals surface area contributed by atoms with Crippen LogP contribution in [0.2, 0.25) is 0 Å². The Kier molecular flexibility index (Phi) is 6.97. The molecule has 0 amide bonds. The first-order valence-corrected chi connectivity index (χ1v) is 8.00. The van der Waals surface area contributed by atoms with Crippen molar-refractivity contribution in [1.82, 2.24) is 5.32 Å². The molecule has 21 heavy (non-hydrogen) atoms. The summed E-state index contributed by atoms with van der Waals surface area (Å²) in [5, 5.41) is 3.57. The van der Waals surface area contributed by atoms with Gasteiger partial charge >= 0.3 is 0 Å². The summed E-state index contributed by atoms with van der Waals surface area (Å²) < 4.78 is 5.71. The average molecular weight is 289 g/mol. The molecule has 1 aromatic rings. The van der Waals surface area contributed by atoms with Crippen LogP contribution in [-0.4, -0.2) is 18.7 Å². The second kappa shape index (κ2) is 8.23. The predicted octanol–water partition coefficient (Wildman–Crippen LogP) is 4.90. The number of hydrogen-bond donors (Lipinski definition) is 1. The molecule has 0 spiro atoms. The van der Waals surface area contributed by atoms with Crippen LogP contribution >= 0.6 is 0 Å². The van der Waals surface area contributed by atoms with E-state index in [2.05, 4.69) is 71.1 Å². The summed E-state index contributed by atoms with van der Waals surface area (Å²) in [7, 11) is 0. The topological polar surface area (TPSA) is 21.3 Å². The minimum atomic E-state index is 0.139. The first-order chi connectivity index (χ1) is 9.81. The van der Waals surface area contributed by atoms with E-state index in [0.717, 1.165) is 25.3 Å². The molecule has 0 aromatic heterocycles. The summed E-state index contributed by atoms with van der Waals surface area (Å²) in [6, 6.07) is 8.34. The number of hydrogen-bond acceptors (Lipinski definition) is 2. The van der Waals surface area contributed by atoms with Crippen LogP contribution in [0.4, 0.5) is 0 Å². The molecule has 0 radical (unpaired) electrons. The highest BCUT2D eigenvalue weighted by Gasteiger charge is 2.11. The Morgan fingerprint density at radius 2 is 2.00 bits per heavy atom. The molecule has 0 aliphatic rings. The Morgan fingerprint density at radius 3 is 2.57 bits per heavy atom. The van der Waals surface area contributed by atoms with Crippen molar-refractivity contribution in [2.75, 3.05) is 13.2 Å². The van der Waals surface area contributed by atoms with Gasteiger partial charge < -0.3 is 10.1 Å². The molecule has 0 atom stereocenters. The molecule has 1 rings (SSSR count). The van der Waals surface area contributed by atoms with Crippen LogP contribution in [0.3, 0.4) is 0 Å². The second-order valence-corrected chi connectivity index (χ2v) is 6.90. The van der Waals surface area contributed by atoms with Gasteiger partial charge in [0.05, 0.1) is 6.61 Å². The molecule has 2 heteroatoms. The summed E-state index contributed by atoms with van der Waals surface area (Å²) in [6.45, 7) is 14.9. The summed E-state index contributed by atoms with van der Waals surface area (Å²) in [6.07, 6.45) is 3.31. The van der Waals surface area contributed by atoms with Crippen molar-refractivity contribution in [1.29, 1.82) is 0 Å². The van der Waals surface area contributed by atoms with E-state index in [1.54, 1.807) is 0 Å². The van der Waals surface area contributed by atoms with Gasteiger partial charge in [0.2, 0.25) is 0 Å². The van der Waals surface area contributed by atoms with Crippen molar-refractivity contribution in [3.05, 3.63) is 35.4 Å². The van der Waals surface area contributed by atoms with Gasteiger partial charge in [-0.2, -0.15) is 0 Å². The fourth-order valence-electron chi connectivity index (χ4n) is 1.92. The molecule has 0 heterocycles. The molecular weight excluding hydrogens is 258 g/mol. The van der Waals surface area contributed by atoms with Crippen LogP contribution in [0.15, 0.2) is 29.8 Å². The summed E-state index contributed by atoms with van der Waals surface area (Å²) in [4.78, 5) is 0. The van der Waals surface area contributed by atoms with Gasteiger partial charge in [-0.15, -0.1) is 0 Å². The van der Waals surface area contributed by atoms with Crippen LogP contribution in [-0.2, 0) is 0 Å². The van der Waals surface area contributed by atoms with Crippen LogP contribution < -0.4 is 10.1 Å². The van der Waals surface area contributed by atoms with Crippen molar-refractivity contribution in [2.24, 2.45) is 5.92 Å². The highest BCUT2D eigenvalue weighted by molar-refractivity contribution is 5.55. The largest absolute Gasteiger partial charge is 0.494 e. The lowest BCUT2D eigenvalue weighted by Gasteiger charge is -2.23. The molecule has 0 saturated carbocycles. The Bertz CT molecular complexity index is 455. The molecule has 1 N–H and O–H groups in total. The minimum absolute atomic E-state index is 0.139. The molecule has 0 fully saturated rings. The average Bonchev–Trinajstić information content (AvgIpc) is 2.40. The monoisotopic (exact) mass is 289 g/mol. The van der Waals surface area contributed by atoms with Crippen LogP contribution in [0, 0.1) is 5.92 Å². The third-order valence-electron chi connectivity index (χ3n) is 3.25. The van der Waals surface area contributed by atoms with Crippen molar-refractivity contribution >= 4 is 6.08 Å². The lowest BCUT2D eigenvalue weighted by molar-refractivity contribution is 0.317. The van der Waals surface area contributed by atoms with E-state index in [0.29, 0.717) is 5.92 Å². The van der Waals surface area contributed by atoms with Crippen LogP contribution in [0.5, 0.6) is 5.75 Å². The van der Waals surface area contributed by atoms with Gasteiger partial charge in [0, 0.05) is 12.1 Å². The standard InChI is InChI=1S/C19H31NO/c1-7-11-21-18-10-8-9-16(13-18)12-17(15(2)3)14-20-19(4,5)6/h8-10,12-13,15,20H,7,11,14H2,1-6H3. The molecule has 0 bridgehead atoms. The Hall–Kier alpha value is -1.28. The number of rotatable bonds is 7. The highest BCUT2D eigenvalue weighted by Crippen LogP contribution is 2.19. The van der Waals surface area contributed by atoms with E-state index in [1.165, 1.54) is 11.1 Å². The molecule has 2 nitrogen and oxygen atoms in total. The highest BCUT2D eigenvalue weighted by atomic mass is 16.5. The molecule has 1 aromatic carbocycles. The molecule has 0 aliphatic carbocycles. The number of nitrogens with one attached hydrogen (secondary N) is 1. The maximum Gasteiger partial charge on any atom is 0.119 e. The number of ether oxygens (including phenoxy) is 1. The third kappa shape index (κ3) is 7.33. The van der Waals surface area contributed by atoms with E-state index in [1.807, 2.05) is 6.07 Å². The van der Waals surface area contributed by atoms with Gasteiger partial charge in [0.25, 0.3) is 0 Å². The fraction of sp³-hybridized carbons (Fsp3) is 0.579. The summed E-state index contributed by atoms with van der Waals surface area (Å²) in [5.74, 6) is 1.48. The lowest BCUT2D eigenvalue weighted by atomic mass is 9.98. The van der Waals surface area contributed by atoms with Gasteiger partial charge in [-0.25, -0.2) is 0 Å². The van der Waals surface area contributed by atoms with Crippen molar-refractivity contribution in [3.63, 3.8) is 0 Å². The maximum absolute atomic E-state index is 5.71. The van der Waals surface area contributed by atoms with Gasteiger partial charge in [0.1, 0.15) is 5.75 Å². The molecule has 0 unspecified atom stereocenters. The van der Waals surface area contributed by atoms with Gasteiger partial charge in [0.15, 0.2) is 0 Å². The zero-order valence-corrected chi connectivity index (χ0v) is 14.5. The SMILES string of the molecule is CCCOc1cccc(C=C(CNC(C)(C)C)C(C)C)c1. The van der Waals surface area contributed by atoms with E-state index in [-0.39, 0.29) is 5.54 Å². The lowest BCUT2D eigenvalue weighted by Crippen LogP contribution is -2.37. The van der Waals surface area contributed by atoms with Crippen molar-refractivity contribution < 1.29 is 4.74 Å². The molecule has 118 valence electrons. The molecule has 0 aliphatic heterocycles. The fourth-order valence-corrected chi connectivity index (χ4v) is 1.92. The van der Waals surface area contributed by atoms with Crippen molar-refractivity contribution in [2.45, 2.75) is 53.5 Å². The zero-order valence-electron chi connectivity index (χ0n) is 14.5. The van der Waals surface area contributed by atoms with Crippen LogP contribution in [0.25, 0.3) is 6.08 Å².